The van der Waals surface area contributed by atoms with E-state index in [-0.39, 0.29) is 0 Å². The van der Waals surface area contributed by atoms with Gasteiger partial charge in [0.25, 0.3) is 0 Å². The van der Waals surface area contributed by atoms with E-state index in [4.69, 9.17) is 5.11 Å². The molecule has 0 bridgehead atoms. The number of carbonyl (C=O) groups excluding carboxylic acids is 1. The molecule has 1 aromatic rings. The van der Waals surface area contributed by atoms with Gasteiger partial charge in [-0.2, -0.15) is 0 Å². The Morgan fingerprint density at radius 3 is 2.47 bits per heavy atom. The Morgan fingerprint density at radius 2 is 1.93 bits per heavy atom. The van der Waals surface area contributed by atoms with Crippen LogP contribution in [0.3, 0.4) is 0 Å². The third-order valence-electron chi connectivity index (χ3n) is 2.01. The minimum Gasteiger partial charge on any atom is -0.388 e. The Morgan fingerprint density at radius 1 is 1.33 bits per heavy atom. The molecule has 0 unspecified atom stereocenters. The summed E-state index contributed by atoms with van der Waals surface area (Å²) in [6.07, 6.45) is -2.94. The van der Waals surface area contributed by atoms with Gasteiger partial charge >= 0.3 is 0 Å². The van der Waals surface area contributed by atoms with E-state index >= 15 is 0 Å². The minimum absolute atomic E-state index is 0.409. The van der Waals surface area contributed by atoms with E-state index in [1.54, 1.807) is 24.3 Å². The van der Waals surface area contributed by atoms with Crippen LogP contribution in [0.1, 0.15) is 11.7 Å². The zero-order chi connectivity index (χ0) is 11.4. The zero-order valence-electron chi connectivity index (χ0n) is 7.80. The van der Waals surface area contributed by atoms with Crippen molar-refractivity contribution in [2.45, 2.75) is 12.2 Å². The lowest BCUT2D eigenvalue weighted by Gasteiger charge is -2.17. The van der Waals surface area contributed by atoms with Gasteiger partial charge < -0.3 is 15.3 Å². The molecule has 0 heterocycles. The summed E-state index contributed by atoms with van der Waals surface area (Å²) >= 11 is 3.19. The number of aliphatic hydroxyl groups excluding tert-OH is 3. The van der Waals surface area contributed by atoms with Crippen LogP contribution in [0.4, 0.5) is 0 Å². The Bertz CT molecular complexity index is 353. The molecule has 0 aromatic heterocycles. The van der Waals surface area contributed by atoms with Gasteiger partial charge in [-0.15, -0.1) is 0 Å². The van der Waals surface area contributed by atoms with Crippen molar-refractivity contribution >= 4 is 21.7 Å². The molecular weight excluding hydrogens is 264 g/mol. The van der Waals surface area contributed by atoms with Gasteiger partial charge in [-0.3, -0.25) is 4.79 Å². The molecule has 15 heavy (non-hydrogen) atoms. The van der Waals surface area contributed by atoms with E-state index in [2.05, 4.69) is 15.9 Å². The van der Waals surface area contributed by atoms with Crippen molar-refractivity contribution in [1.29, 1.82) is 0 Å². The summed E-state index contributed by atoms with van der Waals surface area (Å²) in [5.74, 6) is -0.807. The van der Waals surface area contributed by atoms with E-state index in [0.717, 1.165) is 0 Å². The molecule has 0 radical (unpaired) electrons. The highest BCUT2D eigenvalue weighted by Crippen LogP contribution is 2.25. The highest BCUT2D eigenvalue weighted by atomic mass is 79.9. The lowest BCUT2D eigenvalue weighted by molar-refractivity contribution is -0.136. The zero-order valence-corrected chi connectivity index (χ0v) is 9.39. The highest BCUT2D eigenvalue weighted by Gasteiger charge is 2.25. The third-order valence-corrected chi connectivity index (χ3v) is 2.73. The largest absolute Gasteiger partial charge is 0.388 e. The Kier molecular flexibility index (Phi) is 4.41. The minimum atomic E-state index is -1.60. The summed E-state index contributed by atoms with van der Waals surface area (Å²) in [6.45, 7) is -0.789. The van der Waals surface area contributed by atoms with Crippen LogP contribution in [0, 0.1) is 0 Å². The van der Waals surface area contributed by atoms with Crippen LogP contribution >= 0.6 is 15.9 Å². The number of carbonyl (C=O) groups is 1. The summed E-state index contributed by atoms with van der Waals surface area (Å²) in [5.41, 5.74) is 0.409. The fraction of sp³-hybridized carbons (Fsp3) is 0.300. The maximum absolute atomic E-state index is 11.0. The van der Waals surface area contributed by atoms with E-state index < -0.39 is 24.6 Å². The van der Waals surface area contributed by atoms with Crippen LogP contribution in [-0.2, 0) is 4.79 Å². The molecule has 82 valence electrons. The summed E-state index contributed by atoms with van der Waals surface area (Å²) in [7, 11) is 0. The molecule has 0 spiro atoms. The molecule has 5 heteroatoms. The number of rotatable bonds is 4. The van der Waals surface area contributed by atoms with Gasteiger partial charge in [-0.05, 0) is 11.6 Å². The first-order valence-electron chi connectivity index (χ1n) is 4.32. The molecule has 0 aliphatic heterocycles. The molecule has 0 fully saturated rings. The van der Waals surface area contributed by atoms with Crippen molar-refractivity contribution in [2.24, 2.45) is 0 Å². The molecule has 0 saturated heterocycles. The van der Waals surface area contributed by atoms with E-state index in [1.165, 1.54) is 0 Å². The van der Waals surface area contributed by atoms with Crippen molar-refractivity contribution in [3.8, 4) is 0 Å². The molecule has 1 rings (SSSR count). The highest BCUT2D eigenvalue weighted by molar-refractivity contribution is 9.10. The van der Waals surface area contributed by atoms with Crippen molar-refractivity contribution < 1.29 is 20.1 Å². The van der Waals surface area contributed by atoms with Gasteiger partial charge in [0, 0.05) is 4.47 Å². The molecule has 4 nitrogen and oxygen atoms in total. The number of Topliss-reactive ketones (excluding diaryl/α,β-unsaturated/α-hetero) is 1. The molecule has 0 aliphatic rings. The summed E-state index contributed by atoms with van der Waals surface area (Å²) in [6, 6.07) is 6.71. The molecule has 0 aliphatic carbocycles. The lowest BCUT2D eigenvalue weighted by Crippen LogP contribution is -2.30. The normalized spacial score (nSPS) is 14.7. The van der Waals surface area contributed by atoms with Crippen LogP contribution in [0.15, 0.2) is 28.7 Å². The lowest BCUT2D eigenvalue weighted by atomic mass is 10.0. The smallest absolute Gasteiger partial charge is 0.189 e. The summed E-state index contributed by atoms with van der Waals surface area (Å²) < 4.78 is 0.599. The Hall–Kier alpha value is -0.750. The third kappa shape index (κ3) is 2.85. The molecule has 0 amide bonds. The second-order valence-electron chi connectivity index (χ2n) is 3.04. The van der Waals surface area contributed by atoms with E-state index in [0.29, 0.717) is 10.0 Å². The maximum atomic E-state index is 11.0. The SMILES string of the molecule is O=C(CO)[C@H](O)[C@H](O)c1ccccc1Br. The molecule has 1 aromatic carbocycles. The fourth-order valence-electron chi connectivity index (χ4n) is 1.15. The number of benzene rings is 1. The molecule has 2 atom stereocenters. The second-order valence-corrected chi connectivity index (χ2v) is 3.89. The van der Waals surface area contributed by atoms with Gasteiger partial charge in [0.1, 0.15) is 18.8 Å². The number of aliphatic hydroxyl groups is 3. The summed E-state index contributed by atoms with van der Waals surface area (Å²) in [4.78, 5) is 11.0. The number of hydrogen-bond donors (Lipinski definition) is 3. The first-order chi connectivity index (χ1) is 7.07. The van der Waals surface area contributed by atoms with Gasteiger partial charge in [0.15, 0.2) is 5.78 Å². The standard InChI is InChI=1S/C10H11BrO4/c11-7-4-2-1-3-6(7)9(14)10(15)8(13)5-12/h1-4,9-10,12,14-15H,5H2/t9-,10+/m1/s1. The molecule has 0 saturated carbocycles. The van der Waals surface area contributed by atoms with Crippen molar-refractivity contribution in [3.05, 3.63) is 34.3 Å². The number of halogens is 1. The van der Waals surface area contributed by atoms with E-state index in [1.807, 2.05) is 0 Å². The fourth-order valence-corrected chi connectivity index (χ4v) is 1.67. The second kappa shape index (κ2) is 5.37. The van der Waals surface area contributed by atoms with Gasteiger partial charge in [-0.1, -0.05) is 34.1 Å². The van der Waals surface area contributed by atoms with Gasteiger partial charge in [0.2, 0.25) is 0 Å². The first kappa shape index (κ1) is 12.3. The quantitative estimate of drug-likeness (QED) is 0.743. The average molecular weight is 275 g/mol. The molecular formula is C10H11BrO4. The van der Waals surface area contributed by atoms with Crippen molar-refractivity contribution in [1.82, 2.24) is 0 Å². The first-order valence-corrected chi connectivity index (χ1v) is 5.11. The van der Waals surface area contributed by atoms with Crippen LogP contribution in [0.25, 0.3) is 0 Å². The van der Waals surface area contributed by atoms with Crippen molar-refractivity contribution in [2.75, 3.05) is 6.61 Å². The monoisotopic (exact) mass is 274 g/mol. The van der Waals surface area contributed by atoms with Gasteiger partial charge in [0.05, 0.1) is 0 Å². The van der Waals surface area contributed by atoms with Crippen LogP contribution in [0.2, 0.25) is 0 Å². The van der Waals surface area contributed by atoms with Crippen molar-refractivity contribution in [3.63, 3.8) is 0 Å². The van der Waals surface area contributed by atoms with Gasteiger partial charge in [-0.25, -0.2) is 0 Å². The number of ketones is 1. The number of hydrogen-bond acceptors (Lipinski definition) is 4. The van der Waals surface area contributed by atoms with Crippen LogP contribution in [0.5, 0.6) is 0 Å². The van der Waals surface area contributed by atoms with Crippen LogP contribution in [-0.4, -0.2) is 33.8 Å². The topological polar surface area (TPSA) is 77.8 Å². The van der Waals surface area contributed by atoms with Crippen LogP contribution < -0.4 is 0 Å². The Labute approximate surface area is 95.3 Å². The van der Waals surface area contributed by atoms with E-state index in [9.17, 15) is 15.0 Å². The molecule has 3 N–H and O–H groups in total. The average Bonchev–Trinajstić information content (AvgIpc) is 2.26. The maximum Gasteiger partial charge on any atom is 0.189 e. The summed E-state index contributed by atoms with van der Waals surface area (Å²) in [5, 5.41) is 27.6. The Balaban J connectivity index is 2.89. The predicted octanol–water partition coefficient (Wildman–Crippen LogP) is 0.405. The predicted molar refractivity (Wildman–Crippen MR) is 57.2 cm³/mol.